The van der Waals surface area contributed by atoms with Crippen molar-refractivity contribution in [3.63, 3.8) is 0 Å². The smallest absolute Gasteiger partial charge is 0.00682 e. The fourth-order valence-corrected chi connectivity index (χ4v) is 0.770. The summed E-state index contributed by atoms with van der Waals surface area (Å²) < 4.78 is 0. The molecule has 0 spiro atoms. The van der Waals surface area contributed by atoms with Crippen molar-refractivity contribution in [2.75, 3.05) is 6.54 Å². The predicted octanol–water partition coefficient (Wildman–Crippen LogP) is 1.96. The summed E-state index contributed by atoms with van der Waals surface area (Å²) in [5.41, 5.74) is 0. The molecule has 0 aromatic heterocycles. The minimum Gasteiger partial charge on any atom is -0.314 e. The highest BCUT2D eigenvalue weighted by Gasteiger charge is 2.19. The standard InChI is InChI=1S/C7H15N.ClH/c1-2-3-6-8-7-4-5-7;/h7-8H,2-6H2,1H3;1H. The van der Waals surface area contributed by atoms with E-state index in [1.54, 1.807) is 0 Å². The molecule has 0 aromatic carbocycles. The lowest BCUT2D eigenvalue weighted by Gasteiger charge is -1.97. The van der Waals surface area contributed by atoms with Gasteiger partial charge in [-0.15, -0.1) is 12.4 Å². The van der Waals surface area contributed by atoms with E-state index in [4.69, 9.17) is 0 Å². The highest BCUT2D eigenvalue weighted by Crippen LogP contribution is 2.18. The Bertz CT molecular complexity index is 61.9. The van der Waals surface area contributed by atoms with Crippen LogP contribution in [0.5, 0.6) is 0 Å². The zero-order chi connectivity index (χ0) is 5.82. The number of unbranched alkanes of at least 4 members (excludes halogenated alkanes) is 1. The van der Waals surface area contributed by atoms with Crippen LogP contribution in [-0.2, 0) is 0 Å². The van der Waals surface area contributed by atoms with Crippen LogP contribution >= 0.6 is 12.4 Å². The van der Waals surface area contributed by atoms with Crippen LogP contribution in [0.25, 0.3) is 0 Å². The van der Waals surface area contributed by atoms with Gasteiger partial charge in [0.25, 0.3) is 0 Å². The van der Waals surface area contributed by atoms with Crippen molar-refractivity contribution in [2.45, 2.75) is 38.6 Å². The monoisotopic (exact) mass is 149 g/mol. The van der Waals surface area contributed by atoms with Crippen molar-refractivity contribution in [3.05, 3.63) is 0 Å². The van der Waals surface area contributed by atoms with Crippen molar-refractivity contribution < 1.29 is 0 Å². The fourth-order valence-electron chi connectivity index (χ4n) is 0.770. The second-order valence-corrected chi connectivity index (χ2v) is 2.58. The lowest BCUT2D eigenvalue weighted by Crippen LogP contribution is -2.16. The topological polar surface area (TPSA) is 12.0 Å². The molecule has 0 amide bonds. The first-order chi connectivity index (χ1) is 3.93. The van der Waals surface area contributed by atoms with E-state index in [1.165, 1.54) is 32.2 Å². The summed E-state index contributed by atoms with van der Waals surface area (Å²) in [6.07, 6.45) is 5.50. The summed E-state index contributed by atoms with van der Waals surface area (Å²) >= 11 is 0. The van der Waals surface area contributed by atoms with Gasteiger partial charge in [-0.05, 0) is 25.8 Å². The van der Waals surface area contributed by atoms with E-state index in [0.717, 1.165) is 6.04 Å². The van der Waals surface area contributed by atoms with Crippen LogP contribution in [0, 0.1) is 0 Å². The molecule has 0 saturated heterocycles. The highest BCUT2D eigenvalue weighted by atomic mass is 35.5. The molecule has 2 heteroatoms. The molecule has 1 N–H and O–H groups in total. The minimum absolute atomic E-state index is 0. The second kappa shape index (κ2) is 5.07. The van der Waals surface area contributed by atoms with Crippen LogP contribution < -0.4 is 5.32 Å². The summed E-state index contributed by atoms with van der Waals surface area (Å²) in [5, 5.41) is 3.46. The second-order valence-electron chi connectivity index (χ2n) is 2.58. The van der Waals surface area contributed by atoms with E-state index in [9.17, 15) is 0 Å². The minimum atomic E-state index is 0. The van der Waals surface area contributed by atoms with E-state index < -0.39 is 0 Å². The first-order valence-corrected chi connectivity index (χ1v) is 3.67. The van der Waals surface area contributed by atoms with E-state index in [0.29, 0.717) is 0 Å². The fraction of sp³-hybridized carbons (Fsp3) is 1.00. The van der Waals surface area contributed by atoms with Gasteiger partial charge in [-0.25, -0.2) is 0 Å². The number of halogens is 1. The highest BCUT2D eigenvalue weighted by molar-refractivity contribution is 5.85. The first-order valence-electron chi connectivity index (χ1n) is 3.67. The van der Waals surface area contributed by atoms with Crippen LogP contribution in [0.1, 0.15) is 32.6 Å². The van der Waals surface area contributed by atoms with Crippen LogP contribution in [-0.4, -0.2) is 12.6 Å². The third-order valence-corrected chi connectivity index (χ3v) is 1.54. The van der Waals surface area contributed by atoms with Gasteiger partial charge in [-0.1, -0.05) is 13.3 Å². The van der Waals surface area contributed by atoms with Crippen LogP contribution in [0.15, 0.2) is 0 Å². The molecule has 56 valence electrons. The SMILES string of the molecule is CCCCNC1CC1.Cl. The molecule has 1 rings (SSSR count). The van der Waals surface area contributed by atoms with E-state index in [2.05, 4.69) is 12.2 Å². The van der Waals surface area contributed by atoms with Crippen LogP contribution in [0.4, 0.5) is 0 Å². The number of nitrogens with one attached hydrogen (secondary N) is 1. The zero-order valence-electron chi connectivity index (χ0n) is 6.02. The normalized spacial score (nSPS) is 17.0. The van der Waals surface area contributed by atoms with Gasteiger partial charge in [0.2, 0.25) is 0 Å². The van der Waals surface area contributed by atoms with Gasteiger partial charge in [0.05, 0.1) is 0 Å². The third kappa shape index (κ3) is 4.73. The van der Waals surface area contributed by atoms with Crippen molar-refractivity contribution in [1.82, 2.24) is 5.32 Å². The summed E-state index contributed by atoms with van der Waals surface area (Å²) in [7, 11) is 0. The molecule has 1 fully saturated rings. The Morgan fingerprint density at radius 1 is 1.44 bits per heavy atom. The van der Waals surface area contributed by atoms with E-state index in [-0.39, 0.29) is 12.4 Å². The first kappa shape index (κ1) is 9.25. The molecule has 1 aliphatic carbocycles. The maximum absolute atomic E-state index is 3.46. The number of rotatable bonds is 4. The Labute approximate surface area is 63.6 Å². The Balaban J connectivity index is 0.000000640. The van der Waals surface area contributed by atoms with Gasteiger partial charge < -0.3 is 5.32 Å². The van der Waals surface area contributed by atoms with E-state index >= 15 is 0 Å². The Kier molecular flexibility index (Phi) is 5.21. The largest absolute Gasteiger partial charge is 0.314 e. The average molecular weight is 150 g/mol. The van der Waals surface area contributed by atoms with Crippen molar-refractivity contribution in [1.29, 1.82) is 0 Å². The predicted molar refractivity (Wildman–Crippen MR) is 43.2 cm³/mol. The molecule has 1 nitrogen and oxygen atoms in total. The molecular formula is C7H16ClN. The molecule has 0 aliphatic heterocycles. The van der Waals surface area contributed by atoms with Gasteiger partial charge in [0.1, 0.15) is 0 Å². The molecule has 1 saturated carbocycles. The van der Waals surface area contributed by atoms with Crippen molar-refractivity contribution >= 4 is 12.4 Å². The molecular weight excluding hydrogens is 134 g/mol. The van der Waals surface area contributed by atoms with E-state index in [1.807, 2.05) is 0 Å². The molecule has 0 bridgehead atoms. The number of hydrogen-bond donors (Lipinski definition) is 1. The van der Waals surface area contributed by atoms with Gasteiger partial charge >= 0.3 is 0 Å². The Hall–Kier alpha value is 0.250. The third-order valence-electron chi connectivity index (χ3n) is 1.54. The molecule has 0 aromatic rings. The summed E-state index contributed by atoms with van der Waals surface area (Å²) in [4.78, 5) is 0. The molecule has 0 heterocycles. The summed E-state index contributed by atoms with van der Waals surface area (Å²) in [6.45, 7) is 3.47. The van der Waals surface area contributed by atoms with Crippen molar-refractivity contribution in [2.24, 2.45) is 0 Å². The zero-order valence-corrected chi connectivity index (χ0v) is 6.84. The van der Waals surface area contributed by atoms with Gasteiger partial charge in [0.15, 0.2) is 0 Å². The van der Waals surface area contributed by atoms with Gasteiger partial charge in [0, 0.05) is 6.04 Å². The van der Waals surface area contributed by atoms with Crippen LogP contribution in [0.3, 0.4) is 0 Å². The lowest BCUT2D eigenvalue weighted by molar-refractivity contribution is 0.638. The van der Waals surface area contributed by atoms with Gasteiger partial charge in [-0.3, -0.25) is 0 Å². The number of hydrogen-bond acceptors (Lipinski definition) is 1. The summed E-state index contributed by atoms with van der Waals surface area (Å²) in [5.74, 6) is 0. The molecule has 9 heavy (non-hydrogen) atoms. The Morgan fingerprint density at radius 2 is 2.11 bits per heavy atom. The quantitative estimate of drug-likeness (QED) is 0.603. The molecule has 1 aliphatic rings. The molecule has 0 atom stereocenters. The average Bonchev–Trinajstić information content (AvgIpc) is 2.51. The molecule has 0 radical (unpaired) electrons. The molecule has 0 unspecified atom stereocenters. The van der Waals surface area contributed by atoms with Crippen LogP contribution in [0.2, 0.25) is 0 Å². The lowest BCUT2D eigenvalue weighted by atomic mass is 10.3. The maximum atomic E-state index is 3.46. The maximum Gasteiger partial charge on any atom is 0.00682 e. The Morgan fingerprint density at radius 3 is 2.56 bits per heavy atom. The summed E-state index contributed by atoms with van der Waals surface area (Å²) in [6, 6.07) is 0.904. The van der Waals surface area contributed by atoms with Gasteiger partial charge in [-0.2, -0.15) is 0 Å². The van der Waals surface area contributed by atoms with Crippen molar-refractivity contribution in [3.8, 4) is 0 Å².